The summed E-state index contributed by atoms with van der Waals surface area (Å²) in [5, 5.41) is 13.5. The molecule has 2 aromatic carbocycles. The van der Waals surface area contributed by atoms with E-state index < -0.39 is 34.6 Å². The molecule has 8 nitrogen and oxygen atoms in total. The maximum Gasteiger partial charge on any atom is 0.259 e. The fraction of sp³-hybridized carbons (Fsp3) is 0.250. The lowest BCUT2D eigenvalue weighted by atomic mass is 9.67. The molecule has 32 heavy (non-hydrogen) atoms. The van der Waals surface area contributed by atoms with E-state index in [9.17, 15) is 24.3 Å². The van der Waals surface area contributed by atoms with Gasteiger partial charge in [-0.2, -0.15) is 0 Å². The molecule has 0 saturated carbocycles. The Labute approximate surface area is 183 Å². The summed E-state index contributed by atoms with van der Waals surface area (Å²) in [5.74, 6) is -4.46. The highest BCUT2D eigenvalue weighted by atomic mass is 16.5. The van der Waals surface area contributed by atoms with Gasteiger partial charge >= 0.3 is 0 Å². The van der Waals surface area contributed by atoms with E-state index in [1.165, 1.54) is 20.1 Å². The number of aromatic hydroxyl groups is 1. The minimum absolute atomic E-state index is 0.0209. The Morgan fingerprint density at radius 3 is 2.53 bits per heavy atom. The van der Waals surface area contributed by atoms with E-state index in [0.717, 1.165) is 18.6 Å². The Bertz CT molecular complexity index is 1200. The molecule has 2 N–H and O–H groups in total. The number of amides is 1. The van der Waals surface area contributed by atoms with Crippen molar-refractivity contribution in [2.75, 3.05) is 7.11 Å². The summed E-state index contributed by atoms with van der Waals surface area (Å²) in [6, 6.07) is 10.5. The monoisotopic (exact) mass is 435 g/mol. The number of carbonyl (C=O) groups excluding carboxylic acids is 4. The SMILES string of the molecule is COc1cc(O)c2c(c1C(=O)NCc1ccccc1)OC1=CC(=O)C(C(C)=O)C(=O)[C@]12C. The maximum atomic E-state index is 13.2. The van der Waals surface area contributed by atoms with Gasteiger partial charge in [-0.25, -0.2) is 0 Å². The number of methoxy groups -OCH3 is 1. The number of ether oxygens (including phenoxy) is 2. The lowest BCUT2D eigenvalue weighted by molar-refractivity contribution is -0.140. The number of Topliss-reactive ketones (excluding diaryl/α,β-unsaturated/α-hetero) is 2. The first kappa shape index (κ1) is 21.3. The number of allylic oxidation sites excluding steroid dienone is 2. The molecule has 1 aliphatic heterocycles. The first-order valence-corrected chi connectivity index (χ1v) is 9.95. The zero-order valence-electron chi connectivity index (χ0n) is 17.7. The number of benzene rings is 2. The summed E-state index contributed by atoms with van der Waals surface area (Å²) in [5.41, 5.74) is -0.722. The van der Waals surface area contributed by atoms with Crippen LogP contribution in [0.5, 0.6) is 17.2 Å². The summed E-state index contributed by atoms with van der Waals surface area (Å²) in [4.78, 5) is 50.7. The number of ketones is 3. The van der Waals surface area contributed by atoms with E-state index in [4.69, 9.17) is 9.47 Å². The largest absolute Gasteiger partial charge is 0.507 e. The molecule has 0 saturated heterocycles. The molecule has 0 fully saturated rings. The predicted molar refractivity (Wildman–Crippen MR) is 113 cm³/mol. The molecule has 4 rings (SSSR count). The first-order chi connectivity index (χ1) is 15.2. The van der Waals surface area contributed by atoms with Crippen LogP contribution in [0.1, 0.15) is 35.3 Å². The third kappa shape index (κ3) is 3.07. The van der Waals surface area contributed by atoms with Crippen LogP contribution in [0.15, 0.2) is 48.2 Å². The molecule has 8 heteroatoms. The number of phenols is 1. The zero-order chi connectivity index (χ0) is 23.2. The van der Waals surface area contributed by atoms with Crippen LogP contribution in [-0.2, 0) is 26.3 Å². The van der Waals surface area contributed by atoms with Crippen molar-refractivity contribution in [2.45, 2.75) is 25.8 Å². The minimum atomic E-state index is -1.59. The van der Waals surface area contributed by atoms with Crippen molar-refractivity contribution in [1.29, 1.82) is 0 Å². The molecule has 2 atom stereocenters. The van der Waals surface area contributed by atoms with Crippen molar-refractivity contribution in [1.82, 2.24) is 5.32 Å². The number of hydrogen-bond donors (Lipinski definition) is 2. The van der Waals surface area contributed by atoms with E-state index in [0.29, 0.717) is 0 Å². The molecule has 164 valence electrons. The third-order valence-electron chi connectivity index (χ3n) is 5.89. The van der Waals surface area contributed by atoms with E-state index >= 15 is 0 Å². The number of carbonyl (C=O) groups is 4. The summed E-state index contributed by atoms with van der Waals surface area (Å²) in [6.07, 6.45) is 1.09. The highest BCUT2D eigenvalue weighted by molar-refractivity contribution is 6.27. The van der Waals surface area contributed by atoms with Gasteiger partial charge in [0.1, 0.15) is 39.9 Å². The number of hydrogen-bond acceptors (Lipinski definition) is 7. The van der Waals surface area contributed by atoms with Crippen molar-refractivity contribution in [3.63, 3.8) is 0 Å². The average molecular weight is 435 g/mol. The van der Waals surface area contributed by atoms with Gasteiger partial charge in [0.2, 0.25) is 0 Å². The Morgan fingerprint density at radius 1 is 1.22 bits per heavy atom. The van der Waals surface area contributed by atoms with Crippen molar-refractivity contribution >= 4 is 23.3 Å². The fourth-order valence-electron chi connectivity index (χ4n) is 4.22. The Hall–Kier alpha value is -3.94. The van der Waals surface area contributed by atoms with Gasteiger partial charge in [-0.05, 0) is 19.4 Å². The van der Waals surface area contributed by atoms with Crippen LogP contribution >= 0.6 is 0 Å². The standard InChI is InChI=1S/C24H21NO7/c1-12(26)18-14(27)10-17-24(2,22(18)29)20-15(28)9-16(31-3)19(21(20)32-17)23(30)25-11-13-7-5-4-6-8-13/h4-10,18,28H,11H2,1-3H3,(H,25,30)/t18?,24-/m1/s1. The second-order valence-corrected chi connectivity index (χ2v) is 7.89. The number of phenolic OH excluding ortho intramolecular Hbond substituents is 1. The van der Waals surface area contributed by atoms with Crippen molar-refractivity contribution in [2.24, 2.45) is 5.92 Å². The molecule has 0 bridgehead atoms. The number of fused-ring (bicyclic) bond motifs is 3. The highest BCUT2D eigenvalue weighted by Crippen LogP contribution is 2.56. The van der Waals surface area contributed by atoms with Gasteiger partial charge in [-0.1, -0.05) is 30.3 Å². The number of nitrogens with one attached hydrogen (secondary N) is 1. The summed E-state index contributed by atoms with van der Waals surface area (Å²) in [6.45, 7) is 2.85. The van der Waals surface area contributed by atoms with Gasteiger partial charge in [0.15, 0.2) is 17.3 Å². The molecule has 2 aliphatic rings. The van der Waals surface area contributed by atoms with Gasteiger partial charge in [0.05, 0.1) is 12.7 Å². The molecule has 0 spiro atoms. The minimum Gasteiger partial charge on any atom is -0.507 e. The molecule has 1 unspecified atom stereocenters. The van der Waals surface area contributed by atoms with Crippen LogP contribution in [0, 0.1) is 5.92 Å². The normalized spacial score (nSPS) is 21.2. The van der Waals surface area contributed by atoms with Crippen LogP contribution in [0.25, 0.3) is 0 Å². The van der Waals surface area contributed by atoms with Gasteiger partial charge < -0.3 is 19.9 Å². The number of rotatable bonds is 5. The van der Waals surface area contributed by atoms with Crippen LogP contribution < -0.4 is 14.8 Å². The van der Waals surface area contributed by atoms with E-state index in [1.807, 2.05) is 30.3 Å². The van der Waals surface area contributed by atoms with Crippen molar-refractivity contribution < 1.29 is 33.8 Å². The third-order valence-corrected chi connectivity index (χ3v) is 5.89. The Balaban J connectivity index is 1.82. The van der Waals surface area contributed by atoms with Gasteiger partial charge in [-0.15, -0.1) is 0 Å². The fourth-order valence-corrected chi connectivity index (χ4v) is 4.22. The van der Waals surface area contributed by atoms with Gasteiger partial charge in [0, 0.05) is 18.7 Å². The second-order valence-electron chi connectivity index (χ2n) is 7.89. The van der Waals surface area contributed by atoms with Gasteiger partial charge in [0.25, 0.3) is 5.91 Å². The predicted octanol–water partition coefficient (Wildman–Crippen LogP) is 2.22. The summed E-state index contributed by atoms with van der Waals surface area (Å²) in [7, 11) is 1.33. The molecule has 0 aromatic heterocycles. The van der Waals surface area contributed by atoms with E-state index in [2.05, 4.69) is 5.32 Å². The first-order valence-electron chi connectivity index (χ1n) is 9.95. The van der Waals surface area contributed by atoms with Crippen molar-refractivity contribution in [3.05, 3.63) is 64.9 Å². The molecule has 2 aromatic rings. The van der Waals surface area contributed by atoms with E-state index in [-0.39, 0.29) is 40.7 Å². The van der Waals surface area contributed by atoms with Crippen LogP contribution in [-0.4, -0.2) is 35.5 Å². The van der Waals surface area contributed by atoms with Crippen LogP contribution in [0.4, 0.5) is 0 Å². The Kier molecular flexibility index (Phi) is 5.08. The van der Waals surface area contributed by atoms with E-state index in [1.54, 1.807) is 0 Å². The topological polar surface area (TPSA) is 119 Å². The lowest BCUT2D eigenvalue weighted by Crippen LogP contribution is -2.47. The highest BCUT2D eigenvalue weighted by Gasteiger charge is 2.58. The van der Waals surface area contributed by atoms with Crippen LogP contribution in [0.3, 0.4) is 0 Å². The van der Waals surface area contributed by atoms with Crippen molar-refractivity contribution in [3.8, 4) is 17.2 Å². The molecule has 1 amide bonds. The summed E-state index contributed by atoms with van der Waals surface area (Å²) >= 11 is 0. The second kappa shape index (κ2) is 7.64. The summed E-state index contributed by atoms with van der Waals surface area (Å²) < 4.78 is 11.1. The molecule has 1 aliphatic carbocycles. The van der Waals surface area contributed by atoms with Crippen LogP contribution in [0.2, 0.25) is 0 Å². The average Bonchev–Trinajstić information content (AvgIpc) is 3.06. The zero-order valence-corrected chi connectivity index (χ0v) is 17.7. The molecular formula is C24H21NO7. The molecule has 0 radical (unpaired) electrons. The Morgan fingerprint density at radius 2 is 1.91 bits per heavy atom. The quantitative estimate of drug-likeness (QED) is 0.691. The smallest absolute Gasteiger partial charge is 0.259 e. The van der Waals surface area contributed by atoms with Gasteiger partial charge in [-0.3, -0.25) is 19.2 Å². The lowest BCUT2D eigenvalue weighted by Gasteiger charge is -2.30. The maximum absolute atomic E-state index is 13.2. The molecule has 1 heterocycles. The molecular weight excluding hydrogens is 414 g/mol.